The molecule has 0 bridgehead atoms. The monoisotopic (exact) mass is 337 g/mol. The number of benzene rings is 2. The van der Waals surface area contributed by atoms with Crippen molar-refractivity contribution in [3.8, 4) is 17.3 Å². The van der Waals surface area contributed by atoms with Gasteiger partial charge in [-0.1, -0.05) is 23.7 Å². The highest BCUT2D eigenvalue weighted by atomic mass is 35.5. The molecule has 0 aliphatic carbocycles. The largest absolute Gasteiger partial charge is 0.506 e. The molecule has 0 saturated heterocycles. The van der Waals surface area contributed by atoms with Crippen LogP contribution in [-0.2, 0) is 0 Å². The Balaban J connectivity index is 1.88. The number of halogens is 1. The van der Waals surface area contributed by atoms with Crippen molar-refractivity contribution in [2.24, 2.45) is 0 Å². The van der Waals surface area contributed by atoms with Gasteiger partial charge < -0.3 is 14.8 Å². The first-order valence-electron chi connectivity index (χ1n) is 7.27. The number of anilines is 2. The standard InChI is InChI=1S/C18H12ClN3O2/c19-11-7-8-15(23)14(10-11)21-17-12-4-1-2-5-13(12)20-18(22-17)16-6-3-9-24-16/h1-10,23H,(H,20,21,22). The molecule has 6 heteroatoms. The zero-order valence-electron chi connectivity index (χ0n) is 12.4. The summed E-state index contributed by atoms with van der Waals surface area (Å²) in [6.07, 6.45) is 1.57. The number of hydrogen-bond donors (Lipinski definition) is 2. The molecule has 2 N–H and O–H groups in total. The normalized spacial score (nSPS) is 10.9. The molecule has 2 heterocycles. The van der Waals surface area contributed by atoms with Gasteiger partial charge in [-0.25, -0.2) is 9.97 Å². The highest BCUT2D eigenvalue weighted by Gasteiger charge is 2.12. The summed E-state index contributed by atoms with van der Waals surface area (Å²) in [5.41, 5.74) is 1.24. The topological polar surface area (TPSA) is 71.2 Å². The van der Waals surface area contributed by atoms with Gasteiger partial charge in [0.15, 0.2) is 11.6 Å². The molecular weight excluding hydrogens is 326 g/mol. The van der Waals surface area contributed by atoms with E-state index in [1.165, 1.54) is 6.07 Å². The first kappa shape index (κ1) is 14.5. The average Bonchev–Trinajstić information content (AvgIpc) is 3.13. The number of rotatable bonds is 3. The molecule has 0 atom stereocenters. The summed E-state index contributed by atoms with van der Waals surface area (Å²) < 4.78 is 5.39. The fraction of sp³-hybridized carbons (Fsp3) is 0. The average molecular weight is 338 g/mol. The molecule has 0 spiro atoms. The van der Waals surface area contributed by atoms with Crippen LogP contribution in [0.25, 0.3) is 22.5 Å². The lowest BCUT2D eigenvalue weighted by Gasteiger charge is -2.11. The van der Waals surface area contributed by atoms with Crippen molar-refractivity contribution < 1.29 is 9.52 Å². The molecule has 0 amide bonds. The fourth-order valence-electron chi connectivity index (χ4n) is 2.42. The SMILES string of the molecule is Oc1ccc(Cl)cc1Nc1nc(-c2ccco2)nc2ccccc12. The maximum Gasteiger partial charge on any atom is 0.198 e. The van der Waals surface area contributed by atoms with Crippen LogP contribution < -0.4 is 5.32 Å². The lowest BCUT2D eigenvalue weighted by Crippen LogP contribution is -1.99. The van der Waals surface area contributed by atoms with Gasteiger partial charge in [0.1, 0.15) is 11.6 Å². The molecule has 0 radical (unpaired) electrons. The van der Waals surface area contributed by atoms with E-state index >= 15 is 0 Å². The number of aromatic nitrogens is 2. The van der Waals surface area contributed by atoms with E-state index in [2.05, 4.69) is 15.3 Å². The van der Waals surface area contributed by atoms with E-state index in [-0.39, 0.29) is 5.75 Å². The van der Waals surface area contributed by atoms with Gasteiger partial charge in [0.05, 0.1) is 17.5 Å². The minimum absolute atomic E-state index is 0.0849. The summed E-state index contributed by atoms with van der Waals surface area (Å²) in [6, 6.07) is 16.0. The second-order valence-corrected chi connectivity index (χ2v) is 5.61. The van der Waals surface area contributed by atoms with Crippen LogP contribution in [-0.4, -0.2) is 15.1 Å². The highest BCUT2D eigenvalue weighted by molar-refractivity contribution is 6.31. The van der Waals surface area contributed by atoms with Gasteiger partial charge in [-0.05, 0) is 42.5 Å². The Kier molecular flexibility index (Phi) is 3.55. The Hall–Kier alpha value is -3.05. The number of para-hydroxylation sites is 1. The second kappa shape index (κ2) is 5.86. The molecule has 4 rings (SSSR count). The summed E-state index contributed by atoms with van der Waals surface area (Å²) in [6.45, 7) is 0. The van der Waals surface area contributed by atoms with Crippen LogP contribution in [0.5, 0.6) is 5.75 Å². The zero-order valence-corrected chi connectivity index (χ0v) is 13.2. The van der Waals surface area contributed by atoms with E-state index in [0.717, 1.165) is 10.9 Å². The Morgan fingerprint density at radius 1 is 1.00 bits per heavy atom. The molecule has 0 fully saturated rings. The van der Waals surface area contributed by atoms with Crippen molar-refractivity contribution in [2.75, 3.05) is 5.32 Å². The molecular formula is C18H12ClN3O2. The van der Waals surface area contributed by atoms with E-state index < -0.39 is 0 Å². The summed E-state index contributed by atoms with van der Waals surface area (Å²) >= 11 is 6.01. The van der Waals surface area contributed by atoms with E-state index in [9.17, 15) is 5.11 Å². The summed E-state index contributed by atoms with van der Waals surface area (Å²) in [5, 5.41) is 14.5. The Morgan fingerprint density at radius 3 is 2.71 bits per heavy atom. The van der Waals surface area contributed by atoms with Crippen LogP contribution in [0.1, 0.15) is 0 Å². The number of phenols is 1. The van der Waals surface area contributed by atoms with Crippen molar-refractivity contribution >= 4 is 34.0 Å². The van der Waals surface area contributed by atoms with Crippen LogP contribution in [0.3, 0.4) is 0 Å². The molecule has 0 aliphatic heterocycles. The smallest absolute Gasteiger partial charge is 0.198 e. The van der Waals surface area contributed by atoms with E-state index in [4.69, 9.17) is 16.0 Å². The summed E-state index contributed by atoms with van der Waals surface area (Å²) in [7, 11) is 0. The third kappa shape index (κ3) is 2.66. The van der Waals surface area contributed by atoms with Crippen molar-refractivity contribution in [2.45, 2.75) is 0 Å². The molecule has 0 saturated carbocycles. The van der Waals surface area contributed by atoms with Gasteiger partial charge >= 0.3 is 0 Å². The zero-order chi connectivity index (χ0) is 16.5. The molecule has 5 nitrogen and oxygen atoms in total. The number of fused-ring (bicyclic) bond motifs is 1. The van der Waals surface area contributed by atoms with Crippen LogP contribution in [0.15, 0.2) is 65.3 Å². The van der Waals surface area contributed by atoms with E-state index in [0.29, 0.717) is 28.1 Å². The summed E-state index contributed by atoms with van der Waals surface area (Å²) in [5.74, 6) is 1.67. The van der Waals surface area contributed by atoms with Crippen LogP contribution in [0.2, 0.25) is 5.02 Å². The Morgan fingerprint density at radius 2 is 1.88 bits per heavy atom. The Labute approximate surface area is 142 Å². The molecule has 118 valence electrons. The highest BCUT2D eigenvalue weighted by Crippen LogP contribution is 2.32. The third-order valence-corrected chi connectivity index (χ3v) is 3.79. The van der Waals surface area contributed by atoms with Crippen molar-refractivity contribution in [3.63, 3.8) is 0 Å². The predicted octanol–water partition coefficient (Wildman–Crippen LogP) is 4.99. The van der Waals surface area contributed by atoms with E-state index in [1.54, 1.807) is 30.5 Å². The molecule has 2 aromatic carbocycles. The van der Waals surface area contributed by atoms with E-state index in [1.807, 2.05) is 24.3 Å². The summed E-state index contributed by atoms with van der Waals surface area (Å²) in [4.78, 5) is 9.07. The maximum atomic E-state index is 10.0. The molecule has 0 unspecified atom stereocenters. The predicted molar refractivity (Wildman–Crippen MR) is 93.6 cm³/mol. The first-order valence-corrected chi connectivity index (χ1v) is 7.65. The lowest BCUT2D eigenvalue weighted by molar-refractivity contribution is 0.478. The number of hydrogen-bond acceptors (Lipinski definition) is 5. The third-order valence-electron chi connectivity index (χ3n) is 3.56. The molecule has 4 aromatic rings. The number of phenolic OH excluding ortho intramolecular Hbond substituents is 1. The quantitative estimate of drug-likeness (QED) is 0.515. The minimum atomic E-state index is 0.0849. The van der Waals surface area contributed by atoms with Gasteiger partial charge in [-0.15, -0.1) is 0 Å². The first-order chi connectivity index (χ1) is 11.7. The van der Waals surface area contributed by atoms with Crippen molar-refractivity contribution in [1.29, 1.82) is 0 Å². The fourth-order valence-corrected chi connectivity index (χ4v) is 2.60. The number of nitrogens with one attached hydrogen (secondary N) is 1. The van der Waals surface area contributed by atoms with Gasteiger partial charge in [-0.3, -0.25) is 0 Å². The van der Waals surface area contributed by atoms with Crippen LogP contribution in [0.4, 0.5) is 11.5 Å². The van der Waals surface area contributed by atoms with Crippen LogP contribution >= 0.6 is 11.6 Å². The molecule has 0 aliphatic rings. The Bertz CT molecular complexity index is 1020. The maximum absolute atomic E-state index is 10.0. The number of nitrogens with zero attached hydrogens (tertiary/aromatic N) is 2. The van der Waals surface area contributed by atoms with Gasteiger partial charge in [0.2, 0.25) is 0 Å². The lowest BCUT2D eigenvalue weighted by atomic mass is 10.2. The van der Waals surface area contributed by atoms with Gasteiger partial charge in [-0.2, -0.15) is 0 Å². The second-order valence-electron chi connectivity index (χ2n) is 5.18. The number of aromatic hydroxyl groups is 1. The molecule has 24 heavy (non-hydrogen) atoms. The molecule has 2 aromatic heterocycles. The van der Waals surface area contributed by atoms with Crippen LogP contribution in [0, 0.1) is 0 Å². The van der Waals surface area contributed by atoms with Gasteiger partial charge in [0, 0.05) is 10.4 Å². The minimum Gasteiger partial charge on any atom is -0.506 e. The van der Waals surface area contributed by atoms with Crippen molar-refractivity contribution in [3.05, 3.63) is 65.9 Å². The van der Waals surface area contributed by atoms with Gasteiger partial charge in [0.25, 0.3) is 0 Å². The number of furan rings is 1. The van der Waals surface area contributed by atoms with Crippen molar-refractivity contribution in [1.82, 2.24) is 9.97 Å².